The van der Waals surface area contributed by atoms with Crippen LogP contribution in [0.15, 0.2) is 18.5 Å². The van der Waals surface area contributed by atoms with Crippen molar-refractivity contribution >= 4 is 5.91 Å². The SMILES string of the molecule is CC(CC(=O)N1CCOC(Cn2cccn2)C1)C1CCCNC1. The third kappa shape index (κ3) is 4.54. The molecule has 2 aliphatic heterocycles. The van der Waals surface area contributed by atoms with E-state index in [1.807, 2.05) is 21.8 Å². The van der Waals surface area contributed by atoms with Gasteiger partial charge in [-0.15, -0.1) is 0 Å². The van der Waals surface area contributed by atoms with Crippen LogP contribution in [0.25, 0.3) is 0 Å². The summed E-state index contributed by atoms with van der Waals surface area (Å²) >= 11 is 0. The first kappa shape index (κ1) is 16.5. The minimum Gasteiger partial charge on any atom is -0.373 e. The van der Waals surface area contributed by atoms with Gasteiger partial charge in [0.15, 0.2) is 0 Å². The summed E-state index contributed by atoms with van der Waals surface area (Å²) in [5.74, 6) is 1.35. The fourth-order valence-electron chi connectivity index (χ4n) is 3.61. The highest BCUT2D eigenvalue weighted by Gasteiger charge is 2.28. The molecule has 1 amide bonds. The van der Waals surface area contributed by atoms with Crippen molar-refractivity contribution in [2.75, 3.05) is 32.8 Å². The number of piperidine rings is 1. The zero-order valence-electron chi connectivity index (χ0n) is 14.0. The van der Waals surface area contributed by atoms with Crippen LogP contribution in [0, 0.1) is 11.8 Å². The van der Waals surface area contributed by atoms with Gasteiger partial charge in [-0.3, -0.25) is 9.48 Å². The summed E-state index contributed by atoms with van der Waals surface area (Å²) in [5.41, 5.74) is 0. The smallest absolute Gasteiger partial charge is 0.223 e. The number of nitrogens with one attached hydrogen (secondary N) is 1. The molecule has 6 heteroatoms. The number of nitrogens with zero attached hydrogens (tertiary/aromatic N) is 3. The van der Waals surface area contributed by atoms with E-state index in [-0.39, 0.29) is 12.0 Å². The van der Waals surface area contributed by atoms with E-state index in [1.54, 1.807) is 6.20 Å². The van der Waals surface area contributed by atoms with E-state index in [1.165, 1.54) is 12.8 Å². The van der Waals surface area contributed by atoms with Gasteiger partial charge in [0.05, 0.1) is 19.3 Å². The summed E-state index contributed by atoms with van der Waals surface area (Å²) in [7, 11) is 0. The van der Waals surface area contributed by atoms with Crippen molar-refractivity contribution in [2.24, 2.45) is 11.8 Å². The molecular weight excluding hydrogens is 292 g/mol. The molecule has 1 aromatic rings. The van der Waals surface area contributed by atoms with Crippen molar-refractivity contribution in [3.8, 4) is 0 Å². The van der Waals surface area contributed by atoms with Gasteiger partial charge in [0, 0.05) is 31.9 Å². The van der Waals surface area contributed by atoms with Gasteiger partial charge < -0.3 is 15.0 Å². The number of aromatic nitrogens is 2. The Morgan fingerprint density at radius 3 is 3.17 bits per heavy atom. The van der Waals surface area contributed by atoms with Crippen molar-refractivity contribution in [1.29, 1.82) is 0 Å². The molecule has 0 aromatic carbocycles. The molecule has 1 N–H and O–H groups in total. The van der Waals surface area contributed by atoms with Crippen LogP contribution < -0.4 is 5.32 Å². The Hall–Kier alpha value is -1.40. The summed E-state index contributed by atoms with van der Waals surface area (Å²) in [4.78, 5) is 14.6. The van der Waals surface area contributed by atoms with E-state index < -0.39 is 0 Å². The molecule has 2 aliphatic rings. The van der Waals surface area contributed by atoms with Gasteiger partial charge in [-0.05, 0) is 43.8 Å². The van der Waals surface area contributed by atoms with Crippen LogP contribution in [0.4, 0.5) is 0 Å². The summed E-state index contributed by atoms with van der Waals surface area (Å²) in [6, 6.07) is 1.91. The predicted molar refractivity (Wildman–Crippen MR) is 87.9 cm³/mol. The molecule has 0 radical (unpaired) electrons. The lowest BCUT2D eigenvalue weighted by Crippen LogP contribution is -2.47. The maximum absolute atomic E-state index is 12.6. The third-order valence-corrected chi connectivity index (χ3v) is 5.08. The Bertz CT molecular complexity index is 485. The molecule has 6 nitrogen and oxygen atoms in total. The normalized spacial score (nSPS) is 26.9. The molecule has 1 aromatic heterocycles. The minimum atomic E-state index is 0.0410. The number of ether oxygens (including phenoxy) is 1. The van der Waals surface area contributed by atoms with Crippen molar-refractivity contribution in [3.05, 3.63) is 18.5 Å². The first-order valence-electron chi connectivity index (χ1n) is 8.80. The van der Waals surface area contributed by atoms with E-state index in [9.17, 15) is 4.79 Å². The lowest BCUT2D eigenvalue weighted by atomic mass is 9.85. The lowest BCUT2D eigenvalue weighted by Gasteiger charge is -2.35. The van der Waals surface area contributed by atoms with Gasteiger partial charge in [-0.1, -0.05) is 6.92 Å². The molecule has 3 atom stereocenters. The molecule has 128 valence electrons. The fourth-order valence-corrected chi connectivity index (χ4v) is 3.61. The summed E-state index contributed by atoms with van der Waals surface area (Å²) < 4.78 is 7.66. The first-order valence-corrected chi connectivity index (χ1v) is 8.80. The summed E-state index contributed by atoms with van der Waals surface area (Å²) in [6.07, 6.45) is 6.87. The van der Waals surface area contributed by atoms with Crippen LogP contribution in [0.1, 0.15) is 26.2 Å². The third-order valence-electron chi connectivity index (χ3n) is 5.08. The molecule has 0 saturated carbocycles. The first-order chi connectivity index (χ1) is 11.2. The molecule has 0 spiro atoms. The highest BCUT2D eigenvalue weighted by Crippen LogP contribution is 2.23. The molecule has 2 fully saturated rings. The van der Waals surface area contributed by atoms with E-state index >= 15 is 0 Å². The molecule has 0 bridgehead atoms. The molecule has 3 unspecified atom stereocenters. The average Bonchev–Trinajstić information content (AvgIpc) is 3.09. The second-order valence-corrected chi connectivity index (χ2v) is 6.85. The zero-order valence-corrected chi connectivity index (χ0v) is 14.0. The van der Waals surface area contributed by atoms with Gasteiger partial charge in [-0.25, -0.2) is 0 Å². The molecule has 23 heavy (non-hydrogen) atoms. The van der Waals surface area contributed by atoms with Gasteiger partial charge in [-0.2, -0.15) is 5.10 Å². The molecule has 0 aliphatic carbocycles. The maximum atomic E-state index is 12.6. The Labute approximate surface area is 138 Å². The predicted octanol–water partition coefficient (Wildman–Crippen LogP) is 1.14. The monoisotopic (exact) mass is 320 g/mol. The topological polar surface area (TPSA) is 59.4 Å². The van der Waals surface area contributed by atoms with Crippen LogP contribution in [0.2, 0.25) is 0 Å². The standard InChI is InChI=1S/C17H28N4O2/c1-14(15-4-2-5-18-11-15)10-17(22)20-8-9-23-16(12-20)13-21-7-3-6-19-21/h3,6-7,14-16,18H,2,4-5,8-13H2,1H3. The molecule has 3 rings (SSSR count). The Morgan fingerprint density at radius 1 is 1.52 bits per heavy atom. The molecule has 2 saturated heterocycles. The van der Waals surface area contributed by atoms with Crippen LogP contribution in [-0.4, -0.2) is 59.5 Å². The molecule has 3 heterocycles. The second kappa shape index (κ2) is 7.93. The van der Waals surface area contributed by atoms with Gasteiger partial charge >= 0.3 is 0 Å². The maximum Gasteiger partial charge on any atom is 0.223 e. The Morgan fingerprint density at radius 2 is 2.43 bits per heavy atom. The zero-order chi connectivity index (χ0) is 16.1. The Balaban J connectivity index is 1.48. The van der Waals surface area contributed by atoms with Crippen LogP contribution in [-0.2, 0) is 16.1 Å². The number of carbonyl (C=O) groups is 1. The van der Waals surface area contributed by atoms with Gasteiger partial charge in [0.2, 0.25) is 5.91 Å². The van der Waals surface area contributed by atoms with Gasteiger partial charge in [0.25, 0.3) is 0 Å². The number of rotatable bonds is 5. The van der Waals surface area contributed by atoms with E-state index in [4.69, 9.17) is 4.74 Å². The number of amides is 1. The summed E-state index contributed by atoms with van der Waals surface area (Å²) in [5, 5.41) is 7.66. The summed E-state index contributed by atoms with van der Waals surface area (Å²) in [6.45, 7) is 7.11. The minimum absolute atomic E-state index is 0.0410. The van der Waals surface area contributed by atoms with Crippen molar-refractivity contribution in [3.63, 3.8) is 0 Å². The van der Waals surface area contributed by atoms with Gasteiger partial charge in [0.1, 0.15) is 0 Å². The highest BCUT2D eigenvalue weighted by atomic mass is 16.5. The number of carbonyl (C=O) groups excluding carboxylic acids is 1. The molecular formula is C17H28N4O2. The highest BCUT2D eigenvalue weighted by molar-refractivity contribution is 5.76. The van der Waals surface area contributed by atoms with Crippen molar-refractivity contribution < 1.29 is 9.53 Å². The lowest BCUT2D eigenvalue weighted by molar-refractivity contribution is -0.140. The average molecular weight is 320 g/mol. The number of hydrogen-bond acceptors (Lipinski definition) is 4. The van der Waals surface area contributed by atoms with E-state index in [2.05, 4.69) is 17.3 Å². The second-order valence-electron chi connectivity index (χ2n) is 6.85. The van der Waals surface area contributed by atoms with Crippen LogP contribution >= 0.6 is 0 Å². The fraction of sp³-hybridized carbons (Fsp3) is 0.765. The van der Waals surface area contributed by atoms with Crippen LogP contribution in [0.5, 0.6) is 0 Å². The van der Waals surface area contributed by atoms with E-state index in [0.29, 0.717) is 44.5 Å². The number of morpholine rings is 1. The number of hydrogen-bond donors (Lipinski definition) is 1. The largest absolute Gasteiger partial charge is 0.373 e. The van der Waals surface area contributed by atoms with Crippen molar-refractivity contribution in [2.45, 2.75) is 38.8 Å². The van der Waals surface area contributed by atoms with Crippen LogP contribution in [0.3, 0.4) is 0 Å². The quantitative estimate of drug-likeness (QED) is 0.884. The van der Waals surface area contributed by atoms with Crippen molar-refractivity contribution in [1.82, 2.24) is 20.0 Å². The Kier molecular flexibility index (Phi) is 5.67. The van der Waals surface area contributed by atoms with E-state index in [0.717, 1.165) is 13.1 Å².